The minimum atomic E-state index is -0.131. The SMILES string of the molecule is O=C(Nc1c[nH]c2ccccc12)c1cc2c(s1)SCC(=O)N2CC1CC1. The number of fused-ring (bicyclic) bond motifs is 2. The zero-order valence-corrected chi connectivity index (χ0v) is 15.6. The average molecular weight is 383 g/mol. The largest absolute Gasteiger partial charge is 0.359 e. The number of anilines is 2. The molecule has 3 aromatic rings. The monoisotopic (exact) mass is 383 g/mol. The summed E-state index contributed by atoms with van der Waals surface area (Å²) in [5, 5.41) is 3.99. The van der Waals surface area contributed by atoms with Gasteiger partial charge < -0.3 is 15.2 Å². The lowest BCUT2D eigenvalue weighted by molar-refractivity contribution is -0.116. The molecule has 0 saturated heterocycles. The maximum Gasteiger partial charge on any atom is 0.265 e. The van der Waals surface area contributed by atoms with Crippen LogP contribution in [0, 0.1) is 5.92 Å². The van der Waals surface area contributed by atoms with E-state index in [1.165, 1.54) is 35.9 Å². The number of carbonyl (C=O) groups excluding carboxylic acids is 2. The van der Waals surface area contributed by atoms with Gasteiger partial charge in [-0.05, 0) is 30.9 Å². The van der Waals surface area contributed by atoms with Crippen LogP contribution in [-0.4, -0.2) is 29.1 Å². The zero-order valence-electron chi connectivity index (χ0n) is 14.0. The van der Waals surface area contributed by atoms with Crippen molar-refractivity contribution in [2.24, 2.45) is 5.92 Å². The van der Waals surface area contributed by atoms with Crippen LogP contribution in [0.3, 0.4) is 0 Å². The van der Waals surface area contributed by atoms with Gasteiger partial charge in [0, 0.05) is 23.6 Å². The molecule has 132 valence electrons. The van der Waals surface area contributed by atoms with Crippen molar-refractivity contribution in [3.05, 3.63) is 41.4 Å². The zero-order chi connectivity index (χ0) is 17.7. The Labute approximate surface area is 158 Å². The van der Waals surface area contributed by atoms with E-state index in [1.807, 2.05) is 41.4 Å². The number of H-pyrrole nitrogens is 1. The highest BCUT2D eigenvalue weighted by Gasteiger charge is 2.33. The Kier molecular flexibility index (Phi) is 3.79. The number of amides is 2. The van der Waals surface area contributed by atoms with E-state index >= 15 is 0 Å². The van der Waals surface area contributed by atoms with Gasteiger partial charge in [0.15, 0.2) is 0 Å². The minimum Gasteiger partial charge on any atom is -0.359 e. The number of hydrogen-bond acceptors (Lipinski definition) is 4. The summed E-state index contributed by atoms with van der Waals surface area (Å²) in [7, 11) is 0. The van der Waals surface area contributed by atoms with Crippen LogP contribution in [0.5, 0.6) is 0 Å². The normalized spacial score (nSPS) is 16.8. The third-order valence-electron chi connectivity index (χ3n) is 4.80. The molecule has 1 aliphatic heterocycles. The van der Waals surface area contributed by atoms with E-state index in [-0.39, 0.29) is 11.8 Å². The fourth-order valence-electron chi connectivity index (χ4n) is 3.23. The Morgan fingerprint density at radius 3 is 3.00 bits per heavy atom. The van der Waals surface area contributed by atoms with Gasteiger partial charge in [0.1, 0.15) is 0 Å². The van der Waals surface area contributed by atoms with E-state index < -0.39 is 0 Å². The summed E-state index contributed by atoms with van der Waals surface area (Å²) in [6, 6.07) is 9.74. The molecule has 2 N–H and O–H groups in total. The quantitative estimate of drug-likeness (QED) is 0.705. The van der Waals surface area contributed by atoms with E-state index in [9.17, 15) is 9.59 Å². The second-order valence-electron chi connectivity index (χ2n) is 6.72. The summed E-state index contributed by atoms with van der Waals surface area (Å²) in [5.74, 6) is 1.10. The van der Waals surface area contributed by atoms with Crippen LogP contribution in [0.25, 0.3) is 10.9 Å². The number of para-hydroxylation sites is 1. The standard InChI is InChI=1S/C19H17N3O2S2/c23-17-10-25-19-15(22(17)9-11-5-6-11)7-16(26-19)18(24)21-14-8-20-13-4-2-1-3-12(13)14/h1-4,7-8,11,20H,5-6,9-10H2,(H,21,24). The second-order valence-corrected chi connectivity index (χ2v) is 9.02. The molecule has 0 spiro atoms. The number of benzene rings is 1. The molecule has 5 rings (SSSR count). The highest BCUT2D eigenvalue weighted by molar-refractivity contribution is 8.02. The van der Waals surface area contributed by atoms with E-state index in [4.69, 9.17) is 0 Å². The molecule has 7 heteroatoms. The maximum atomic E-state index is 12.8. The fourth-order valence-corrected chi connectivity index (χ4v) is 5.42. The van der Waals surface area contributed by atoms with Gasteiger partial charge in [0.2, 0.25) is 5.91 Å². The van der Waals surface area contributed by atoms with Gasteiger partial charge in [-0.3, -0.25) is 9.59 Å². The van der Waals surface area contributed by atoms with Gasteiger partial charge in [0.05, 0.1) is 26.2 Å². The first-order valence-electron chi connectivity index (χ1n) is 8.63. The number of thiophene rings is 1. The summed E-state index contributed by atoms with van der Waals surface area (Å²) in [5.41, 5.74) is 2.67. The van der Waals surface area contributed by atoms with Gasteiger partial charge in [-0.1, -0.05) is 18.2 Å². The molecule has 2 amide bonds. The molecular weight excluding hydrogens is 366 g/mol. The van der Waals surface area contributed by atoms with Crippen LogP contribution in [0.15, 0.2) is 40.7 Å². The Morgan fingerprint density at radius 2 is 2.15 bits per heavy atom. The van der Waals surface area contributed by atoms with Crippen molar-refractivity contribution >= 4 is 57.2 Å². The van der Waals surface area contributed by atoms with Crippen molar-refractivity contribution in [2.45, 2.75) is 17.1 Å². The second kappa shape index (κ2) is 6.17. The van der Waals surface area contributed by atoms with E-state index in [1.54, 1.807) is 0 Å². The molecule has 0 radical (unpaired) electrons. The molecule has 1 fully saturated rings. The van der Waals surface area contributed by atoms with Crippen molar-refractivity contribution in [3.8, 4) is 0 Å². The lowest BCUT2D eigenvalue weighted by atomic mass is 10.2. The van der Waals surface area contributed by atoms with Gasteiger partial charge in [-0.15, -0.1) is 23.1 Å². The Bertz CT molecular complexity index is 1020. The predicted molar refractivity (Wildman–Crippen MR) is 106 cm³/mol. The Morgan fingerprint density at radius 1 is 1.31 bits per heavy atom. The molecule has 26 heavy (non-hydrogen) atoms. The lowest BCUT2D eigenvalue weighted by Crippen LogP contribution is -2.36. The van der Waals surface area contributed by atoms with Crippen LogP contribution in [0.4, 0.5) is 11.4 Å². The molecule has 1 saturated carbocycles. The van der Waals surface area contributed by atoms with Crippen molar-refractivity contribution < 1.29 is 9.59 Å². The molecule has 0 unspecified atom stereocenters. The summed E-state index contributed by atoms with van der Waals surface area (Å²) in [4.78, 5) is 30.8. The van der Waals surface area contributed by atoms with Crippen LogP contribution in [0.2, 0.25) is 0 Å². The van der Waals surface area contributed by atoms with Crippen LogP contribution in [-0.2, 0) is 4.79 Å². The first-order valence-corrected chi connectivity index (χ1v) is 10.4. The molecular formula is C19H17N3O2S2. The lowest BCUT2D eigenvalue weighted by Gasteiger charge is -2.26. The number of nitrogens with zero attached hydrogens (tertiary/aromatic N) is 1. The topological polar surface area (TPSA) is 65.2 Å². The molecule has 0 atom stereocenters. The highest BCUT2D eigenvalue weighted by atomic mass is 32.2. The van der Waals surface area contributed by atoms with Gasteiger partial charge >= 0.3 is 0 Å². The molecule has 1 aromatic carbocycles. The third kappa shape index (κ3) is 2.81. The fraction of sp³-hybridized carbons (Fsp3) is 0.263. The van der Waals surface area contributed by atoms with Crippen molar-refractivity contribution in [1.82, 2.24) is 4.98 Å². The molecule has 1 aliphatic carbocycles. The molecule has 0 bridgehead atoms. The summed E-state index contributed by atoms with van der Waals surface area (Å²) in [6.07, 6.45) is 4.21. The summed E-state index contributed by atoms with van der Waals surface area (Å²) in [6.45, 7) is 0.784. The number of thioether (sulfide) groups is 1. The van der Waals surface area contributed by atoms with E-state index in [2.05, 4.69) is 10.3 Å². The number of rotatable bonds is 4. The molecule has 2 aliphatic rings. The van der Waals surface area contributed by atoms with Gasteiger partial charge in [0.25, 0.3) is 5.91 Å². The van der Waals surface area contributed by atoms with E-state index in [0.29, 0.717) is 16.5 Å². The Balaban J connectivity index is 1.42. The first kappa shape index (κ1) is 16.0. The van der Waals surface area contributed by atoms with Crippen molar-refractivity contribution in [2.75, 3.05) is 22.5 Å². The minimum absolute atomic E-state index is 0.131. The van der Waals surface area contributed by atoms with E-state index in [0.717, 1.165) is 33.0 Å². The molecule has 5 nitrogen and oxygen atoms in total. The van der Waals surface area contributed by atoms with Crippen molar-refractivity contribution in [1.29, 1.82) is 0 Å². The predicted octanol–water partition coefficient (Wildman–Crippen LogP) is 4.33. The van der Waals surface area contributed by atoms with Crippen LogP contribution < -0.4 is 10.2 Å². The molecule has 3 heterocycles. The van der Waals surface area contributed by atoms with Gasteiger partial charge in [-0.2, -0.15) is 0 Å². The first-order chi connectivity index (χ1) is 12.7. The number of nitrogens with one attached hydrogen (secondary N) is 2. The van der Waals surface area contributed by atoms with Crippen LogP contribution >= 0.6 is 23.1 Å². The molecule has 2 aromatic heterocycles. The van der Waals surface area contributed by atoms with Gasteiger partial charge in [-0.25, -0.2) is 0 Å². The number of carbonyl (C=O) groups is 2. The number of aromatic nitrogens is 1. The Hall–Kier alpha value is -2.25. The third-order valence-corrected chi connectivity index (χ3v) is 7.18. The number of hydrogen-bond donors (Lipinski definition) is 2. The van der Waals surface area contributed by atoms with Crippen LogP contribution in [0.1, 0.15) is 22.5 Å². The highest BCUT2D eigenvalue weighted by Crippen LogP contribution is 2.44. The smallest absolute Gasteiger partial charge is 0.265 e. The summed E-state index contributed by atoms with van der Waals surface area (Å²) < 4.78 is 1.06. The van der Waals surface area contributed by atoms with Crippen molar-refractivity contribution in [3.63, 3.8) is 0 Å². The maximum absolute atomic E-state index is 12.8. The number of aromatic amines is 1. The average Bonchev–Trinajstić information content (AvgIpc) is 3.21. The summed E-state index contributed by atoms with van der Waals surface area (Å²) >= 11 is 3.01.